The van der Waals surface area contributed by atoms with Crippen LogP contribution < -0.4 is 0 Å². The fourth-order valence-electron chi connectivity index (χ4n) is 2.02. The van der Waals surface area contributed by atoms with E-state index in [1.807, 2.05) is 6.92 Å². The maximum atomic E-state index is 14.0. The van der Waals surface area contributed by atoms with E-state index in [0.29, 0.717) is 18.4 Å². The molecule has 1 aromatic heterocycles. The van der Waals surface area contributed by atoms with Crippen molar-refractivity contribution >= 4 is 5.97 Å². The Bertz CT molecular complexity index is 678. The average molecular weight is 295 g/mol. The molecule has 0 saturated heterocycles. The second-order valence-corrected chi connectivity index (χ2v) is 4.52. The molecule has 0 unspecified atom stereocenters. The standard InChI is InChI=1S/C15H12F3NO2/c1-2-3-8-6-10(17)13(11(18)7-8)14-9(16)4-5-12(19-14)15(20)21/h4-7H,2-3H2,1H3,(H,20,21). The summed E-state index contributed by atoms with van der Waals surface area (Å²) in [6, 6.07) is 3.97. The zero-order chi connectivity index (χ0) is 15.6. The quantitative estimate of drug-likeness (QED) is 0.933. The Morgan fingerprint density at radius 2 is 1.76 bits per heavy atom. The first-order chi connectivity index (χ1) is 9.93. The summed E-state index contributed by atoms with van der Waals surface area (Å²) in [5.74, 6) is -4.32. The van der Waals surface area contributed by atoms with Crippen LogP contribution in [0.5, 0.6) is 0 Å². The van der Waals surface area contributed by atoms with Crippen LogP contribution in [0.25, 0.3) is 11.3 Å². The second kappa shape index (κ2) is 5.95. The van der Waals surface area contributed by atoms with Gasteiger partial charge in [0.15, 0.2) is 0 Å². The lowest BCUT2D eigenvalue weighted by Gasteiger charge is -2.09. The summed E-state index contributed by atoms with van der Waals surface area (Å²) in [6.07, 6.45) is 1.19. The molecule has 2 rings (SSSR count). The van der Waals surface area contributed by atoms with Gasteiger partial charge in [-0.05, 0) is 36.2 Å². The van der Waals surface area contributed by atoms with Gasteiger partial charge in [0.1, 0.15) is 28.8 Å². The van der Waals surface area contributed by atoms with Crippen LogP contribution in [-0.4, -0.2) is 16.1 Å². The molecule has 2 aromatic rings. The fraction of sp³-hybridized carbons (Fsp3) is 0.200. The van der Waals surface area contributed by atoms with Crippen molar-refractivity contribution in [2.45, 2.75) is 19.8 Å². The van der Waals surface area contributed by atoms with E-state index in [1.54, 1.807) is 0 Å². The minimum Gasteiger partial charge on any atom is -0.477 e. The highest BCUT2D eigenvalue weighted by molar-refractivity contribution is 5.86. The molecule has 1 aromatic carbocycles. The van der Waals surface area contributed by atoms with E-state index < -0.39 is 40.4 Å². The number of halogens is 3. The lowest BCUT2D eigenvalue weighted by molar-refractivity contribution is 0.0690. The van der Waals surface area contributed by atoms with E-state index in [0.717, 1.165) is 24.3 Å². The molecule has 0 spiro atoms. The predicted octanol–water partition coefficient (Wildman–Crippen LogP) is 3.82. The number of aromatic nitrogens is 1. The van der Waals surface area contributed by atoms with Crippen molar-refractivity contribution in [3.63, 3.8) is 0 Å². The molecule has 110 valence electrons. The summed E-state index contributed by atoms with van der Waals surface area (Å²) in [7, 11) is 0. The number of aryl methyl sites for hydroxylation is 1. The molecule has 0 radical (unpaired) electrons. The van der Waals surface area contributed by atoms with Crippen LogP contribution in [0.2, 0.25) is 0 Å². The lowest BCUT2D eigenvalue weighted by Crippen LogP contribution is -2.05. The normalized spacial score (nSPS) is 10.7. The van der Waals surface area contributed by atoms with Crippen LogP contribution in [0.1, 0.15) is 29.4 Å². The van der Waals surface area contributed by atoms with Gasteiger partial charge >= 0.3 is 5.97 Å². The Morgan fingerprint density at radius 1 is 1.14 bits per heavy atom. The molecule has 0 aliphatic carbocycles. The number of rotatable bonds is 4. The van der Waals surface area contributed by atoms with Crippen molar-refractivity contribution in [1.82, 2.24) is 4.98 Å². The topological polar surface area (TPSA) is 50.2 Å². The van der Waals surface area contributed by atoms with E-state index in [1.165, 1.54) is 0 Å². The van der Waals surface area contributed by atoms with Gasteiger partial charge < -0.3 is 5.11 Å². The molecule has 6 heteroatoms. The predicted molar refractivity (Wildman–Crippen MR) is 70.5 cm³/mol. The number of aromatic carboxylic acids is 1. The van der Waals surface area contributed by atoms with Crippen LogP contribution in [0.15, 0.2) is 24.3 Å². The SMILES string of the molecule is CCCc1cc(F)c(-c2nc(C(=O)O)ccc2F)c(F)c1. The van der Waals surface area contributed by atoms with Gasteiger partial charge in [0.2, 0.25) is 0 Å². The number of carboxylic acid groups (broad SMARTS) is 1. The van der Waals surface area contributed by atoms with Gasteiger partial charge in [0.05, 0.1) is 5.56 Å². The first-order valence-corrected chi connectivity index (χ1v) is 6.32. The third-order valence-corrected chi connectivity index (χ3v) is 2.94. The van der Waals surface area contributed by atoms with Crippen molar-refractivity contribution < 1.29 is 23.1 Å². The largest absolute Gasteiger partial charge is 0.477 e. The average Bonchev–Trinajstić information content (AvgIpc) is 2.40. The number of pyridine rings is 1. The van der Waals surface area contributed by atoms with Crippen molar-refractivity contribution in [1.29, 1.82) is 0 Å². The third kappa shape index (κ3) is 3.04. The second-order valence-electron chi connectivity index (χ2n) is 4.52. The van der Waals surface area contributed by atoms with Gasteiger partial charge in [-0.25, -0.2) is 22.9 Å². The summed E-state index contributed by atoms with van der Waals surface area (Å²) in [6.45, 7) is 1.86. The minimum atomic E-state index is -1.40. The maximum absolute atomic E-state index is 14.0. The van der Waals surface area contributed by atoms with Gasteiger partial charge in [-0.1, -0.05) is 13.3 Å². The third-order valence-electron chi connectivity index (χ3n) is 2.94. The van der Waals surface area contributed by atoms with Gasteiger partial charge in [0, 0.05) is 0 Å². The smallest absolute Gasteiger partial charge is 0.354 e. The van der Waals surface area contributed by atoms with Crippen molar-refractivity contribution in [2.24, 2.45) is 0 Å². The molecule has 0 amide bonds. The Hall–Kier alpha value is -2.37. The molecular weight excluding hydrogens is 283 g/mol. The van der Waals surface area contributed by atoms with Crippen LogP contribution in [0.3, 0.4) is 0 Å². The molecule has 3 nitrogen and oxygen atoms in total. The fourth-order valence-corrected chi connectivity index (χ4v) is 2.02. The molecule has 1 N–H and O–H groups in total. The van der Waals surface area contributed by atoms with Gasteiger partial charge in [0.25, 0.3) is 0 Å². The van der Waals surface area contributed by atoms with E-state index in [-0.39, 0.29) is 0 Å². The van der Waals surface area contributed by atoms with Gasteiger partial charge in [-0.15, -0.1) is 0 Å². The Labute approximate surface area is 119 Å². The highest BCUT2D eigenvalue weighted by atomic mass is 19.1. The molecule has 1 heterocycles. The molecule has 0 fully saturated rings. The molecular formula is C15H12F3NO2. The minimum absolute atomic E-state index is 0.450. The van der Waals surface area contributed by atoms with Crippen LogP contribution >= 0.6 is 0 Å². The summed E-state index contributed by atoms with van der Waals surface area (Å²) < 4.78 is 41.8. The number of hydrogen-bond acceptors (Lipinski definition) is 2. The van der Waals surface area contributed by atoms with Crippen LogP contribution in [-0.2, 0) is 6.42 Å². The number of benzene rings is 1. The highest BCUT2D eigenvalue weighted by Gasteiger charge is 2.20. The van der Waals surface area contributed by atoms with Gasteiger partial charge in [-0.2, -0.15) is 0 Å². The molecule has 0 atom stereocenters. The molecule has 0 aliphatic rings. The summed E-state index contributed by atoms with van der Waals surface area (Å²) in [4.78, 5) is 14.3. The molecule has 0 bridgehead atoms. The summed E-state index contributed by atoms with van der Waals surface area (Å²) >= 11 is 0. The number of carbonyl (C=O) groups is 1. The Morgan fingerprint density at radius 3 is 2.29 bits per heavy atom. The van der Waals surface area contributed by atoms with E-state index in [9.17, 15) is 18.0 Å². The number of carboxylic acids is 1. The van der Waals surface area contributed by atoms with Crippen molar-refractivity contribution in [2.75, 3.05) is 0 Å². The monoisotopic (exact) mass is 295 g/mol. The van der Waals surface area contributed by atoms with Crippen LogP contribution in [0.4, 0.5) is 13.2 Å². The van der Waals surface area contributed by atoms with Crippen molar-refractivity contribution in [3.8, 4) is 11.3 Å². The zero-order valence-corrected chi connectivity index (χ0v) is 11.2. The van der Waals surface area contributed by atoms with Crippen molar-refractivity contribution in [3.05, 3.63) is 53.0 Å². The van der Waals surface area contributed by atoms with Crippen LogP contribution in [0, 0.1) is 17.5 Å². The number of nitrogens with zero attached hydrogens (tertiary/aromatic N) is 1. The van der Waals surface area contributed by atoms with E-state index in [2.05, 4.69) is 4.98 Å². The zero-order valence-electron chi connectivity index (χ0n) is 11.2. The molecule has 0 saturated carbocycles. The molecule has 21 heavy (non-hydrogen) atoms. The summed E-state index contributed by atoms with van der Waals surface area (Å²) in [5.41, 5.74) is -1.34. The number of hydrogen-bond donors (Lipinski definition) is 1. The highest BCUT2D eigenvalue weighted by Crippen LogP contribution is 2.28. The van der Waals surface area contributed by atoms with E-state index in [4.69, 9.17) is 5.11 Å². The van der Waals surface area contributed by atoms with E-state index >= 15 is 0 Å². The first kappa shape index (κ1) is 15.0. The Kier molecular flexibility index (Phi) is 4.26. The van der Waals surface area contributed by atoms with Gasteiger partial charge in [-0.3, -0.25) is 0 Å². The summed E-state index contributed by atoms with van der Waals surface area (Å²) in [5, 5.41) is 8.83. The lowest BCUT2D eigenvalue weighted by atomic mass is 10.0. The Balaban J connectivity index is 2.61. The first-order valence-electron chi connectivity index (χ1n) is 6.32. The maximum Gasteiger partial charge on any atom is 0.354 e. The molecule has 0 aliphatic heterocycles.